The highest BCUT2D eigenvalue weighted by molar-refractivity contribution is 5.71. The van der Waals surface area contributed by atoms with Crippen LogP contribution in [-0.2, 0) is 28.6 Å². The number of allylic oxidation sites excluding steroid dienone is 16. The average Bonchev–Trinajstić information content (AvgIpc) is 3.47. The number of unbranched alkanes of at least 4 members (excludes halogenated alkanes) is 37. The first kappa shape index (κ1) is 78.3. The van der Waals surface area contributed by atoms with Gasteiger partial charge in [-0.25, -0.2) is 0 Å². The van der Waals surface area contributed by atoms with Crippen molar-refractivity contribution in [3.63, 3.8) is 0 Å². The molecule has 0 N–H and O–H groups in total. The van der Waals surface area contributed by atoms with Gasteiger partial charge in [-0.2, -0.15) is 0 Å². The minimum absolute atomic E-state index is 0.0775. The molecule has 1 unspecified atom stereocenters. The minimum Gasteiger partial charge on any atom is -0.462 e. The van der Waals surface area contributed by atoms with Crippen LogP contribution in [-0.4, -0.2) is 37.2 Å². The molecular weight excluding hydrogens is 1010 g/mol. The third-order valence-corrected chi connectivity index (χ3v) is 15.3. The van der Waals surface area contributed by atoms with Crippen molar-refractivity contribution < 1.29 is 28.6 Å². The van der Waals surface area contributed by atoms with E-state index >= 15 is 0 Å². The lowest BCUT2D eigenvalue weighted by atomic mass is 10.0. The monoisotopic (exact) mass is 1140 g/mol. The smallest absolute Gasteiger partial charge is 0.306 e. The van der Waals surface area contributed by atoms with Gasteiger partial charge in [0, 0.05) is 19.3 Å². The minimum atomic E-state index is -0.780. The summed E-state index contributed by atoms with van der Waals surface area (Å²) in [6.07, 6.45) is 94.3. The number of rotatable bonds is 64. The Labute approximate surface area is 508 Å². The molecule has 0 heterocycles. The molecule has 0 bridgehead atoms. The zero-order chi connectivity index (χ0) is 59.2. The molecule has 472 valence electrons. The lowest BCUT2D eigenvalue weighted by Gasteiger charge is -2.18. The molecule has 0 saturated carbocycles. The second-order valence-electron chi connectivity index (χ2n) is 23.4. The van der Waals surface area contributed by atoms with Crippen LogP contribution in [0.4, 0.5) is 0 Å². The fraction of sp³-hybridized carbons (Fsp3) is 0.750. The summed E-state index contributed by atoms with van der Waals surface area (Å²) in [5.41, 5.74) is 0. The first-order valence-corrected chi connectivity index (χ1v) is 35.2. The number of hydrogen-bond acceptors (Lipinski definition) is 6. The molecule has 0 radical (unpaired) electrons. The van der Waals surface area contributed by atoms with Crippen molar-refractivity contribution in [2.75, 3.05) is 13.2 Å². The molecule has 0 aliphatic carbocycles. The maximum atomic E-state index is 12.9. The van der Waals surface area contributed by atoms with Crippen LogP contribution in [0.25, 0.3) is 0 Å². The van der Waals surface area contributed by atoms with Crippen molar-refractivity contribution in [2.45, 2.75) is 354 Å². The Balaban J connectivity index is 4.21. The molecule has 0 aromatic heterocycles. The van der Waals surface area contributed by atoms with E-state index in [9.17, 15) is 14.4 Å². The van der Waals surface area contributed by atoms with Crippen molar-refractivity contribution in [3.8, 4) is 0 Å². The molecule has 0 aromatic rings. The Morgan fingerprint density at radius 2 is 0.476 bits per heavy atom. The van der Waals surface area contributed by atoms with E-state index in [1.807, 2.05) is 0 Å². The highest BCUT2D eigenvalue weighted by Crippen LogP contribution is 2.17. The SMILES string of the molecule is CC/C=C\C/C=C\C/C=C\C/C=C\C/C=C\C/C=C\C/C=C\CCCCCCCCCCCCCC(=O)OCC(COC(=O)CCCCCCC/C=C\CCCCC)OC(=O)CCCCCCCCCCCCCCCCCCCCC. The maximum absolute atomic E-state index is 12.9. The Hall–Kier alpha value is -3.67. The van der Waals surface area contributed by atoms with Crippen molar-refractivity contribution >= 4 is 17.9 Å². The van der Waals surface area contributed by atoms with Gasteiger partial charge in [-0.1, -0.05) is 323 Å². The molecule has 6 nitrogen and oxygen atoms in total. The maximum Gasteiger partial charge on any atom is 0.306 e. The van der Waals surface area contributed by atoms with E-state index in [0.717, 1.165) is 109 Å². The summed E-state index contributed by atoms with van der Waals surface area (Å²) in [5.74, 6) is -0.872. The molecule has 0 spiro atoms. The third-order valence-electron chi connectivity index (χ3n) is 15.3. The van der Waals surface area contributed by atoms with E-state index in [1.165, 1.54) is 199 Å². The van der Waals surface area contributed by atoms with Crippen molar-refractivity contribution in [1.82, 2.24) is 0 Å². The van der Waals surface area contributed by atoms with Crippen LogP contribution < -0.4 is 0 Å². The highest BCUT2D eigenvalue weighted by atomic mass is 16.6. The van der Waals surface area contributed by atoms with Crippen molar-refractivity contribution in [2.24, 2.45) is 0 Å². The van der Waals surface area contributed by atoms with Crippen LogP contribution >= 0.6 is 0 Å². The summed E-state index contributed by atoms with van der Waals surface area (Å²) >= 11 is 0. The quantitative estimate of drug-likeness (QED) is 0.0261. The molecule has 6 heteroatoms. The van der Waals surface area contributed by atoms with Gasteiger partial charge in [0.2, 0.25) is 0 Å². The second-order valence-corrected chi connectivity index (χ2v) is 23.4. The molecule has 0 aliphatic rings. The summed E-state index contributed by atoms with van der Waals surface area (Å²) in [7, 11) is 0. The highest BCUT2D eigenvalue weighted by Gasteiger charge is 2.19. The molecule has 0 aromatic carbocycles. The molecule has 0 saturated heterocycles. The number of carbonyl (C=O) groups excluding carboxylic acids is 3. The van der Waals surface area contributed by atoms with Gasteiger partial charge in [0.25, 0.3) is 0 Å². The lowest BCUT2D eigenvalue weighted by Crippen LogP contribution is -2.30. The average molecular weight is 1140 g/mol. The Morgan fingerprint density at radius 3 is 0.780 bits per heavy atom. The van der Waals surface area contributed by atoms with Crippen molar-refractivity contribution in [3.05, 3.63) is 97.2 Å². The third kappa shape index (κ3) is 67.1. The Morgan fingerprint density at radius 1 is 0.256 bits per heavy atom. The Kier molecular flexibility index (Phi) is 66.7. The zero-order valence-corrected chi connectivity index (χ0v) is 54.2. The van der Waals surface area contributed by atoms with E-state index in [1.54, 1.807) is 0 Å². The van der Waals surface area contributed by atoms with Gasteiger partial charge in [0.1, 0.15) is 13.2 Å². The zero-order valence-electron chi connectivity index (χ0n) is 54.2. The van der Waals surface area contributed by atoms with E-state index in [-0.39, 0.29) is 31.1 Å². The van der Waals surface area contributed by atoms with E-state index in [0.29, 0.717) is 19.3 Å². The fourth-order valence-corrected chi connectivity index (χ4v) is 10.1. The number of esters is 3. The van der Waals surface area contributed by atoms with Gasteiger partial charge >= 0.3 is 17.9 Å². The van der Waals surface area contributed by atoms with Gasteiger partial charge in [-0.05, 0) is 103 Å². The van der Waals surface area contributed by atoms with Crippen LogP contribution in [0.1, 0.15) is 348 Å². The van der Waals surface area contributed by atoms with Crippen LogP contribution in [0.5, 0.6) is 0 Å². The molecular formula is C76H132O6. The van der Waals surface area contributed by atoms with Crippen LogP contribution in [0.2, 0.25) is 0 Å². The van der Waals surface area contributed by atoms with E-state index in [2.05, 4.69) is 118 Å². The summed E-state index contributed by atoms with van der Waals surface area (Å²) in [4.78, 5) is 38.4. The normalized spacial score (nSPS) is 12.7. The molecule has 1 atom stereocenters. The number of carbonyl (C=O) groups is 3. The van der Waals surface area contributed by atoms with Gasteiger partial charge in [-0.3, -0.25) is 14.4 Å². The summed E-state index contributed by atoms with van der Waals surface area (Å²) < 4.78 is 17.0. The fourth-order valence-electron chi connectivity index (χ4n) is 10.1. The topological polar surface area (TPSA) is 78.9 Å². The Bertz CT molecular complexity index is 1590. The summed E-state index contributed by atoms with van der Waals surface area (Å²) in [5, 5.41) is 0. The molecule has 0 aliphatic heterocycles. The van der Waals surface area contributed by atoms with Crippen LogP contribution in [0.15, 0.2) is 97.2 Å². The number of ether oxygens (including phenoxy) is 3. The predicted molar refractivity (Wildman–Crippen MR) is 357 cm³/mol. The van der Waals surface area contributed by atoms with Gasteiger partial charge < -0.3 is 14.2 Å². The number of hydrogen-bond donors (Lipinski definition) is 0. The first-order valence-electron chi connectivity index (χ1n) is 35.2. The van der Waals surface area contributed by atoms with Gasteiger partial charge in [-0.15, -0.1) is 0 Å². The van der Waals surface area contributed by atoms with Gasteiger partial charge in [0.05, 0.1) is 0 Å². The first-order chi connectivity index (χ1) is 40.5. The lowest BCUT2D eigenvalue weighted by molar-refractivity contribution is -0.167. The second kappa shape index (κ2) is 69.8. The predicted octanol–water partition coefficient (Wildman–Crippen LogP) is 24.4. The van der Waals surface area contributed by atoms with Crippen LogP contribution in [0.3, 0.4) is 0 Å². The molecule has 0 rings (SSSR count). The van der Waals surface area contributed by atoms with Crippen molar-refractivity contribution in [1.29, 1.82) is 0 Å². The van der Waals surface area contributed by atoms with Crippen LogP contribution in [0, 0.1) is 0 Å². The van der Waals surface area contributed by atoms with Gasteiger partial charge in [0.15, 0.2) is 6.10 Å². The summed E-state index contributed by atoms with van der Waals surface area (Å²) in [6, 6.07) is 0. The van der Waals surface area contributed by atoms with E-state index < -0.39 is 6.10 Å². The largest absolute Gasteiger partial charge is 0.462 e. The van der Waals surface area contributed by atoms with E-state index in [4.69, 9.17) is 14.2 Å². The molecule has 0 amide bonds. The molecule has 82 heavy (non-hydrogen) atoms. The summed E-state index contributed by atoms with van der Waals surface area (Å²) in [6.45, 7) is 6.54. The standard InChI is InChI=1S/C76H132O6/c1-4-7-10-13-16-19-22-25-27-29-31-32-33-34-35-36-37-38-39-40-41-42-43-44-46-47-49-51-54-57-60-63-66-69-75(78)81-72-73(71-80-74(77)68-65-62-59-56-53-24-21-18-15-12-9-6-3)82-76(79)70-67-64-61-58-55-52-50-48-45-30-28-26-23-20-17-14-11-8-5-2/h7,10,16,18-19,21,25,27,31-32,34-35,37-38,40-41,73H,4-6,8-9,11-15,17,20,22-24,26,28-30,33,36,39,42-72H2,1-3H3/b10-7-,19-16-,21-18-,27-25-,32-31-,35-34-,38-37-,41-40-. The molecule has 0 fully saturated rings.